The summed E-state index contributed by atoms with van der Waals surface area (Å²) in [5, 5.41) is 2.85. The van der Waals surface area contributed by atoms with Crippen LogP contribution < -0.4 is 5.32 Å². The molecule has 29 heavy (non-hydrogen) atoms. The van der Waals surface area contributed by atoms with Crippen molar-refractivity contribution in [1.29, 1.82) is 0 Å². The number of benzene rings is 2. The Morgan fingerprint density at radius 3 is 2.38 bits per heavy atom. The number of ether oxygens (including phenoxy) is 1. The van der Waals surface area contributed by atoms with Crippen LogP contribution in [-0.4, -0.2) is 50.8 Å². The molecular weight excluding hydrogens is 392 g/mol. The van der Waals surface area contributed by atoms with Gasteiger partial charge in [0.15, 0.2) is 0 Å². The zero-order valence-electron chi connectivity index (χ0n) is 15.8. The quantitative estimate of drug-likeness (QED) is 0.804. The predicted molar refractivity (Wildman–Crippen MR) is 106 cm³/mol. The molecule has 2 aromatic carbocycles. The third-order valence-electron chi connectivity index (χ3n) is 5.66. The fourth-order valence-electron chi connectivity index (χ4n) is 3.96. The molecule has 1 fully saturated rings. The molecule has 2 amide bonds. The first-order valence-electron chi connectivity index (χ1n) is 9.50. The Morgan fingerprint density at radius 2 is 1.69 bits per heavy atom. The molecule has 2 aromatic rings. The second-order valence-electron chi connectivity index (χ2n) is 7.35. The summed E-state index contributed by atoms with van der Waals surface area (Å²) in [4.78, 5) is 25.0. The van der Waals surface area contributed by atoms with E-state index in [4.69, 9.17) is 4.74 Å². The van der Waals surface area contributed by atoms with E-state index < -0.39 is 28.4 Å². The number of hydrogen-bond donors (Lipinski definition) is 1. The van der Waals surface area contributed by atoms with Crippen molar-refractivity contribution in [2.75, 3.05) is 26.3 Å². The number of amides is 2. The van der Waals surface area contributed by atoms with E-state index in [1.165, 1.54) is 12.1 Å². The van der Waals surface area contributed by atoms with Crippen molar-refractivity contribution < 1.29 is 22.7 Å². The summed E-state index contributed by atoms with van der Waals surface area (Å²) in [6.07, 6.45) is 1.51. The molecule has 7 nitrogen and oxygen atoms in total. The van der Waals surface area contributed by atoms with Crippen molar-refractivity contribution in [3.63, 3.8) is 0 Å². The maximum atomic E-state index is 12.6. The van der Waals surface area contributed by atoms with Gasteiger partial charge in [-0.3, -0.25) is 9.59 Å². The van der Waals surface area contributed by atoms with Gasteiger partial charge in [0.05, 0.1) is 5.56 Å². The lowest BCUT2D eigenvalue weighted by molar-refractivity contribution is -0.121. The minimum Gasteiger partial charge on any atom is -0.381 e. The number of fused-ring (bicyclic) bond motifs is 1. The van der Waals surface area contributed by atoms with Gasteiger partial charge in [-0.1, -0.05) is 42.5 Å². The van der Waals surface area contributed by atoms with Gasteiger partial charge in [0.1, 0.15) is 11.4 Å². The first kappa shape index (κ1) is 19.6. The lowest BCUT2D eigenvalue weighted by atomic mass is 9.74. The Labute approximate surface area is 169 Å². The van der Waals surface area contributed by atoms with Crippen LogP contribution in [0.4, 0.5) is 0 Å². The van der Waals surface area contributed by atoms with E-state index >= 15 is 0 Å². The first-order valence-corrected chi connectivity index (χ1v) is 10.9. The van der Waals surface area contributed by atoms with Gasteiger partial charge in [-0.2, -0.15) is 0 Å². The summed E-state index contributed by atoms with van der Waals surface area (Å²) in [7, 11) is -4.00. The largest absolute Gasteiger partial charge is 0.381 e. The number of sulfonamides is 1. The van der Waals surface area contributed by atoms with Crippen molar-refractivity contribution in [2.24, 2.45) is 0 Å². The van der Waals surface area contributed by atoms with E-state index in [1.54, 1.807) is 12.1 Å². The van der Waals surface area contributed by atoms with Crippen LogP contribution in [0.1, 0.15) is 28.8 Å². The molecule has 0 aromatic heterocycles. The van der Waals surface area contributed by atoms with Gasteiger partial charge in [-0.15, -0.1) is 0 Å². The monoisotopic (exact) mass is 414 g/mol. The molecule has 1 N–H and O–H groups in total. The maximum absolute atomic E-state index is 12.6. The molecule has 2 heterocycles. The SMILES string of the molecule is O=C(CN1C(=O)c2ccccc2S1(=O)=O)NCC1(c2ccccc2)CCOCC1. The fraction of sp³-hybridized carbons (Fsp3) is 0.333. The molecule has 0 bridgehead atoms. The molecule has 0 atom stereocenters. The third-order valence-corrected chi connectivity index (χ3v) is 7.45. The molecule has 0 aliphatic carbocycles. The molecule has 0 radical (unpaired) electrons. The highest BCUT2D eigenvalue weighted by atomic mass is 32.2. The van der Waals surface area contributed by atoms with Crippen LogP contribution in [0.3, 0.4) is 0 Å². The predicted octanol–water partition coefficient (Wildman–Crippen LogP) is 1.70. The van der Waals surface area contributed by atoms with Crippen LogP contribution in [0.5, 0.6) is 0 Å². The van der Waals surface area contributed by atoms with Gasteiger partial charge in [-0.05, 0) is 30.5 Å². The van der Waals surface area contributed by atoms with Gasteiger partial charge >= 0.3 is 0 Å². The van der Waals surface area contributed by atoms with E-state index in [9.17, 15) is 18.0 Å². The molecular formula is C21H22N2O5S. The second-order valence-corrected chi connectivity index (χ2v) is 9.18. The summed E-state index contributed by atoms with van der Waals surface area (Å²) in [6, 6.07) is 15.9. The van der Waals surface area contributed by atoms with Gasteiger partial charge in [-0.25, -0.2) is 12.7 Å². The summed E-state index contributed by atoms with van der Waals surface area (Å²) in [5.74, 6) is -1.17. The number of hydrogen-bond acceptors (Lipinski definition) is 5. The minimum atomic E-state index is -4.00. The zero-order valence-corrected chi connectivity index (χ0v) is 16.7. The molecule has 152 valence electrons. The molecule has 0 spiro atoms. The molecule has 4 rings (SSSR count). The lowest BCUT2D eigenvalue weighted by Gasteiger charge is -2.38. The van der Waals surface area contributed by atoms with Crippen LogP contribution in [0.15, 0.2) is 59.5 Å². The van der Waals surface area contributed by atoms with Crippen LogP contribution in [0.25, 0.3) is 0 Å². The third kappa shape index (κ3) is 3.54. The van der Waals surface area contributed by atoms with Crippen molar-refractivity contribution >= 4 is 21.8 Å². The molecule has 0 saturated carbocycles. The van der Waals surface area contributed by atoms with Crippen molar-refractivity contribution in [2.45, 2.75) is 23.2 Å². The highest BCUT2D eigenvalue weighted by Crippen LogP contribution is 2.34. The first-order chi connectivity index (χ1) is 13.9. The second kappa shape index (κ2) is 7.61. The van der Waals surface area contributed by atoms with Gasteiger partial charge in [0, 0.05) is 25.2 Å². The number of carbonyl (C=O) groups is 2. The standard InChI is InChI=1S/C21H22N2O5S/c24-19(14-23-20(25)17-8-4-5-9-18(17)29(23,26)27)22-15-21(10-12-28-13-11-21)16-6-2-1-3-7-16/h1-9H,10-15H2,(H,22,24). The maximum Gasteiger partial charge on any atom is 0.269 e. The highest BCUT2D eigenvalue weighted by molar-refractivity contribution is 7.90. The van der Waals surface area contributed by atoms with Gasteiger partial charge < -0.3 is 10.1 Å². The Hall–Kier alpha value is -2.71. The average molecular weight is 414 g/mol. The van der Waals surface area contributed by atoms with Crippen LogP contribution >= 0.6 is 0 Å². The Kier molecular flexibility index (Phi) is 5.14. The summed E-state index contributed by atoms with van der Waals surface area (Å²) in [5.41, 5.74) is 0.942. The average Bonchev–Trinajstić information content (AvgIpc) is 2.94. The van der Waals surface area contributed by atoms with E-state index in [1.807, 2.05) is 30.3 Å². The van der Waals surface area contributed by atoms with E-state index in [2.05, 4.69) is 5.32 Å². The van der Waals surface area contributed by atoms with Crippen LogP contribution in [-0.2, 0) is 25.0 Å². The Balaban J connectivity index is 1.48. The van der Waals surface area contributed by atoms with Crippen LogP contribution in [0.2, 0.25) is 0 Å². The lowest BCUT2D eigenvalue weighted by Crippen LogP contribution is -2.47. The molecule has 1 saturated heterocycles. The molecule has 2 aliphatic rings. The number of carbonyl (C=O) groups excluding carboxylic acids is 2. The van der Waals surface area contributed by atoms with Gasteiger partial charge in [0.2, 0.25) is 5.91 Å². The summed E-state index contributed by atoms with van der Waals surface area (Å²) < 4.78 is 31.4. The summed E-state index contributed by atoms with van der Waals surface area (Å²) in [6.45, 7) is 1.02. The van der Waals surface area contributed by atoms with E-state index in [0.717, 1.165) is 18.4 Å². The highest BCUT2D eigenvalue weighted by Gasteiger charge is 2.42. The van der Waals surface area contributed by atoms with E-state index in [-0.39, 0.29) is 15.9 Å². The van der Waals surface area contributed by atoms with Crippen molar-refractivity contribution in [3.8, 4) is 0 Å². The number of nitrogens with zero attached hydrogens (tertiary/aromatic N) is 1. The molecule has 2 aliphatic heterocycles. The Bertz CT molecular complexity index is 1030. The van der Waals surface area contributed by atoms with Gasteiger partial charge in [0.25, 0.3) is 15.9 Å². The Morgan fingerprint density at radius 1 is 1.03 bits per heavy atom. The normalized spacial score (nSPS) is 19.6. The van der Waals surface area contributed by atoms with Crippen molar-refractivity contribution in [1.82, 2.24) is 9.62 Å². The smallest absolute Gasteiger partial charge is 0.269 e. The van der Waals surface area contributed by atoms with Crippen molar-refractivity contribution in [3.05, 3.63) is 65.7 Å². The zero-order chi connectivity index (χ0) is 20.5. The van der Waals surface area contributed by atoms with E-state index in [0.29, 0.717) is 24.1 Å². The number of nitrogens with one attached hydrogen (secondary N) is 1. The molecule has 0 unspecified atom stereocenters. The number of rotatable bonds is 5. The van der Waals surface area contributed by atoms with Crippen LogP contribution in [0, 0.1) is 0 Å². The topological polar surface area (TPSA) is 92.8 Å². The fourth-order valence-corrected chi connectivity index (χ4v) is 5.49. The molecule has 8 heteroatoms. The summed E-state index contributed by atoms with van der Waals surface area (Å²) >= 11 is 0. The minimum absolute atomic E-state index is 0.0528.